The minimum Gasteiger partial charge on any atom is -0.338 e. The number of hydrogen-bond acceptors (Lipinski definition) is 1. The summed E-state index contributed by atoms with van der Waals surface area (Å²) in [5.74, 6) is 1.13. The highest BCUT2D eigenvalue weighted by Gasteiger charge is 2.14. The van der Waals surface area contributed by atoms with Crippen LogP contribution in [0.5, 0.6) is 0 Å². The molecule has 0 saturated heterocycles. The molecule has 0 amide bonds. The maximum absolute atomic E-state index is 4.37. The fourth-order valence-corrected chi connectivity index (χ4v) is 2.26. The molecule has 1 aliphatic rings. The summed E-state index contributed by atoms with van der Waals surface area (Å²) in [4.78, 5) is 4.37. The van der Waals surface area contributed by atoms with Crippen LogP contribution in [0.3, 0.4) is 0 Å². The van der Waals surface area contributed by atoms with Gasteiger partial charge in [0.25, 0.3) is 0 Å². The van der Waals surface area contributed by atoms with Crippen molar-refractivity contribution < 1.29 is 0 Å². The Kier molecular flexibility index (Phi) is 2.13. The van der Waals surface area contributed by atoms with E-state index in [4.69, 9.17) is 0 Å². The first-order valence-corrected chi connectivity index (χ1v) is 5.58. The summed E-state index contributed by atoms with van der Waals surface area (Å²) in [5.41, 5.74) is 4.24. The van der Waals surface area contributed by atoms with Crippen LogP contribution in [0.25, 0.3) is 5.57 Å². The minimum atomic E-state index is 0.931. The summed E-state index contributed by atoms with van der Waals surface area (Å²) in [5, 5.41) is 0. The van der Waals surface area contributed by atoms with Crippen molar-refractivity contribution in [2.75, 3.05) is 0 Å². The first-order chi connectivity index (χ1) is 7.84. The van der Waals surface area contributed by atoms with Crippen LogP contribution in [0.2, 0.25) is 0 Å². The summed E-state index contributed by atoms with van der Waals surface area (Å²) < 4.78 is 2.09. The second kappa shape index (κ2) is 3.63. The maximum atomic E-state index is 4.37. The van der Waals surface area contributed by atoms with E-state index < -0.39 is 0 Å². The highest BCUT2D eigenvalue weighted by atomic mass is 15.0. The van der Waals surface area contributed by atoms with E-state index in [-0.39, 0.29) is 0 Å². The van der Waals surface area contributed by atoms with Crippen molar-refractivity contribution in [3.05, 3.63) is 59.7 Å². The predicted molar refractivity (Wildman–Crippen MR) is 65.0 cm³/mol. The van der Waals surface area contributed by atoms with Gasteiger partial charge in [-0.1, -0.05) is 30.3 Å². The van der Waals surface area contributed by atoms with E-state index in [0.717, 1.165) is 18.7 Å². The summed E-state index contributed by atoms with van der Waals surface area (Å²) >= 11 is 0. The van der Waals surface area contributed by atoms with E-state index in [9.17, 15) is 0 Å². The highest BCUT2D eigenvalue weighted by Crippen LogP contribution is 2.29. The number of rotatable bonds is 2. The Morgan fingerprint density at radius 1 is 1.31 bits per heavy atom. The molecule has 1 aromatic carbocycles. The van der Waals surface area contributed by atoms with Crippen LogP contribution in [0.15, 0.2) is 42.7 Å². The molecule has 0 radical (unpaired) electrons. The lowest BCUT2D eigenvalue weighted by Crippen LogP contribution is -1.98. The lowest BCUT2D eigenvalue weighted by molar-refractivity contribution is 0.834. The SMILES string of the molecule is Cn1ccnc1CC1=CCc2ccccc21. The Bertz CT molecular complexity index is 549. The van der Waals surface area contributed by atoms with Gasteiger partial charge >= 0.3 is 0 Å². The molecule has 0 spiro atoms. The predicted octanol–water partition coefficient (Wildman–Crippen LogP) is 2.60. The molecule has 2 aromatic rings. The molecule has 1 heterocycles. The smallest absolute Gasteiger partial charge is 0.112 e. The van der Waals surface area contributed by atoms with Crippen molar-refractivity contribution in [2.24, 2.45) is 7.05 Å². The van der Waals surface area contributed by atoms with Gasteiger partial charge in [0.15, 0.2) is 0 Å². The molecule has 0 fully saturated rings. The zero-order valence-electron chi connectivity index (χ0n) is 9.35. The Labute approximate surface area is 95.3 Å². The summed E-state index contributed by atoms with van der Waals surface area (Å²) in [6, 6.07) is 8.63. The molecular weight excluding hydrogens is 196 g/mol. The molecule has 2 heteroatoms. The van der Waals surface area contributed by atoms with Crippen LogP contribution in [-0.2, 0) is 19.9 Å². The van der Waals surface area contributed by atoms with Gasteiger partial charge in [-0.25, -0.2) is 4.98 Å². The Morgan fingerprint density at radius 2 is 2.19 bits per heavy atom. The molecule has 80 valence electrons. The summed E-state index contributed by atoms with van der Waals surface area (Å²) in [7, 11) is 2.05. The monoisotopic (exact) mass is 210 g/mol. The number of benzene rings is 1. The third-order valence-corrected chi connectivity index (χ3v) is 3.20. The molecule has 0 unspecified atom stereocenters. The average Bonchev–Trinajstić information content (AvgIpc) is 2.88. The van der Waals surface area contributed by atoms with Crippen LogP contribution in [0.4, 0.5) is 0 Å². The van der Waals surface area contributed by atoms with Crippen molar-refractivity contribution in [1.29, 1.82) is 0 Å². The number of fused-ring (bicyclic) bond motifs is 1. The minimum absolute atomic E-state index is 0.931. The normalized spacial score (nSPS) is 13.7. The first-order valence-electron chi connectivity index (χ1n) is 5.58. The van der Waals surface area contributed by atoms with E-state index in [0.29, 0.717) is 0 Å². The van der Waals surface area contributed by atoms with Gasteiger partial charge in [0.1, 0.15) is 5.82 Å². The van der Waals surface area contributed by atoms with E-state index in [1.807, 2.05) is 19.4 Å². The van der Waals surface area contributed by atoms with Gasteiger partial charge in [-0.15, -0.1) is 0 Å². The quantitative estimate of drug-likeness (QED) is 0.745. The third kappa shape index (κ3) is 1.47. The van der Waals surface area contributed by atoms with Gasteiger partial charge in [0.05, 0.1) is 0 Å². The topological polar surface area (TPSA) is 17.8 Å². The number of nitrogens with zero attached hydrogens (tertiary/aromatic N) is 2. The fourth-order valence-electron chi connectivity index (χ4n) is 2.26. The zero-order chi connectivity index (χ0) is 11.0. The van der Waals surface area contributed by atoms with Gasteiger partial charge in [-0.2, -0.15) is 0 Å². The fraction of sp³-hybridized carbons (Fsp3) is 0.214. The summed E-state index contributed by atoms with van der Waals surface area (Å²) in [6.45, 7) is 0. The zero-order valence-corrected chi connectivity index (χ0v) is 9.35. The number of allylic oxidation sites excluding steroid dienone is 2. The number of aromatic nitrogens is 2. The molecule has 0 aliphatic heterocycles. The number of aryl methyl sites for hydroxylation is 1. The second-order valence-corrected chi connectivity index (χ2v) is 4.22. The van der Waals surface area contributed by atoms with E-state index >= 15 is 0 Å². The third-order valence-electron chi connectivity index (χ3n) is 3.20. The van der Waals surface area contributed by atoms with Crippen LogP contribution in [-0.4, -0.2) is 9.55 Å². The van der Waals surface area contributed by atoms with Crippen molar-refractivity contribution in [3.63, 3.8) is 0 Å². The first kappa shape index (κ1) is 9.40. The van der Waals surface area contributed by atoms with E-state index in [2.05, 4.69) is 39.9 Å². The molecule has 1 aliphatic carbocycles. The molecule has 3 rings (SSSR count). The average molecular weight is 210 g/mol. The molecule has 0 atom stereocenters. The number of imidazole rings is 1. The van der Waals surface area contributed by atoms with Crippen molar-refractivity contribution in [3.8, 4) is 0 Å². The van der Waals surface area contributed by atoms with Crippen LogP contribution >= 0.6 is 0 Å². The van der Waals surface area contributed by atoms with E-state index in [1.165, 1.54) is 16.7 Å². The summed E-state index contributed by atoms with van der Waals surface area (Å²) in [6.07, 6.45) is 8.17. The second-order valence-electron chi connectivity index (χ2n) is 4.22. The molecule has 2 nitrogen and oxygen atoms in total. The lowest BCUT2D eigenvalue weighted by Gasteiger charge is -2.05. The van der Waals surface area contributed by atoms with Crippen LogP contribution in [0.1, 0.15) is 17.0 Å². The Hall–Kier alpha value is -1.83. The molecule has 16 heavy (non-hydrogen) atoms. The van der Waals surface area contributed by atoms with Crippen molar-refractivity contribution in [2.45, 2.75) is 12.8 Å². The van der Waals surface area contributed by atoms with E-state index in [1.54, 1.807) is 0 Å². The molecular formula is C14H14N2. The van der Waals surface area contributed by atoms with Crippen LogP contribution in [0, 0.1) is 0 Å². The molecule has 0 bridgehead atoms. The highest BCUT2D eigenvalue weighted by molar-refractivity contribution is 5.73. The maximum Gasteiger partial charge on any atom is 0.112 e. The van der Waals surface area contributed by atoms with Gasteiger partial charge in [0, 0.05) is 25.9 Å². The van der Waals surface area contributed by atoms with Gasteiger partial charge < -0.3 is 4.57 Å². The lowest BCUT2D eigenvalue weighted by atomic mass is 10.0. The Balaban J connectivity index is 1.91. The van der Waals surface area contributed by atoms with Crippen LogP contribution < -0.4 is 0 Å². The molecule has 0 N–H and O–H groups in total. The van der Waals surface area contributed by atoms with Gasteiger partial charge in [-0.05, 0) is 23.1 Å². The largest absolute Gasteiger partial charge is 0.338 e. The van der Waals surface area contributed by atoms with Gasteiger partial charge in [-0.3, -0.25) is 0 Å². The van der Waals surface area contributed by atoms with Gasteiger partial charge in [0.2, 0.25) is 0 Å². The Morgan fingerprint density at radius 3 is 3.00 bits per heavy atom. The van der Waals surface area contributed by atoms with Crippen molar-refractivity contribution in [1.82, 2.24) is 9.55 Å². The standard InChI is InChI=1S/C14H14N2/c1-16-9-8-15-14(16)10-12-7-6-11-4-2-3-5-13(11)12/h2-5,7-9H,6,10H2,1H3. The molecule has 1 aromatic heterocycles. The van der Waals surface area contributed by atoms with Crippen molar-refractivity contribution >= 4 is 5.57 Å². The number of hydrogen-bond donors (Lipinski definition) is 0. The molecule has 0 saturated carbocycles.